The summed E-state index contributed by atoms with van der Waals surface area (Å²) in [5.74, 6) is 2.17. The van der Waals surface area contributed by atoms with Gasteiger partial charge in [-0.15, -0.1) is 0 Å². The molecule has 0 radical (unpaired) electrons. The predicted molar refractivity (Wildman–Crippen MR) is 77.7 cm³/mol. The number of hydrogen-bond acceptors (Lipinski definition) is 5. The van der Waals surface area contributed by atoms with Crippen LogP contribution < -0.4 is 19.5 Å². The molecule has 0 amide bonds. The van der Waals surface area contributed by atoms with Crippen molar-refractivity contribution >= 4 is 0 Å². The lowest BCUT2D eigenvalue weighted by Crippen LogP contribution is -2.16. The van der Waals surface area contributed by atoms with Crippen LogP contribution in [0.2, 0.25) is 0 Å². The summed E-state index contributed by atoms with van der Waals surface area (Å²) in [6.45, 7) is 2.94. The lowest BCUT2D eigenvalue weighted by Gasteiger charge is -2.09. The first-order valence-corrected chi connectivity index (χ1v) is 7.00. The lowest BCUT2D eigenvalue weighted by atomic mass is 10.2. The zero-order chi connectivity index (χ0) is 14.5. The van der Waals surface area contributed by atoms with Gasteiger partial charge in [0.2, 0.25) is 12.5 Å². The molecule has 0 spiro atoms. The van der Waals surface area contributed by atoms with Crippen LogP contribution in [0.25, 0.3) is 0 Å². The molecule has 0 aliphatic carbocycles. The van der Waals surface area contributed by atoms with E-state index >= 15 is 0 Å². The molecule has 21 heavy (non-hydrogen) atoms. The SMILES string of the molecule is COc1cc(CNCCCn2ccnc2)cc2c1OCO2. The molecule has 1 aromatic heterocycles. The van der Waals surface area contributed by atoms with Gasteiger partial charge in [0.25, 0.3) is 0 Å². The molecule has 2 heterocycles. The summed E-state index contributed by atoms with van der Waals surface area (Å²) in [6.07, 6.45) is 6.66. The summed E-state index contributed by atoms with van der Waals surface area (Å²) in [5, 5.41) is 3.42. The monoisotopic (exact) mass is 289 g/mol. The molecule has 1 aliphatic rings. The highest BCUT2D eigenvalue weighted by atomic mass is 16.7. The van der Waals surface area contributed by atoms with Crippen molar-refractivity contribution in [1.82, 2.24) is 14.9 Å². The quantitative estimate of drug-likeness (QED) is 0.788. The molecule has 6 heteroatoms. The Morgan fingerprint density at radius 3 is 3.14 bits per heavy atom. The Balaban J connectivity index is 1.49. The molecule has 0 unspecified atom stereocenters. The van der Waals surface area contributed by atoms with E-state index in [-0.39, 0.29) is 6.79 Å². The van der Waals surface area contributed by atoms with E-state index in [9.17, 15) is 0 Å². The summed E-state index contributed by atoms with van der Waals surface area (Å²) in [4.78, 5) is 4.02. The third-order valence-electron chi connectivity index (χ3n) is 3.38. The number of ether oxygens (including phenoxy) is 3. The van der Waals surface area contributed by atoms with Crippen molar-refractivity contribution in [2.75, 3.05) is 20.4 Å². The summed E-state index contributed by atoms with van der Waals surface area (Å²) >= 11 is 0. The maximum Gasteiger partial charge on any atom is 0.231 e. The lowest BCUT2D eigenvalue weighted by molar-refractivity contribution is 0.171. The molecule has 1 aromatic carbocycles. The highest BCUT2D eigenvalue weighted by molar-refractivity contribution is 5.55. The number of nitrogens with zero attached hydrogens (tertiary/aromatic N) is 2. The van der Waals surface area contributed by atoms with E-state index in [1.54, 1.807) is 13.3 Å². The van der Waals surface area contributed by atoms with Crippen molar-refractivity contribution in [3.63, 3.8) is 0 Å². The fourth-order valence-corrected chi connectivity index (χ4v) is 2.32. The van der Waals surface area contributed by atoms with Gasteiger partial charge in [-0.25, -0.2) is 4.98 Å². The molecule has 0 bridgehead atoms. The minimum absolute atomic E-state index is 0.257. The Hall–Kier alpha value is -2.21. The number of fused-ring (bicyclic) bond motifs is 1. The Labute approximate surface area is 123 Å². The van der Waals surface area contributed by atoms with Gasteiger partial charge >= 0.3 is 0 Å². The number of rotatable bonds is 7. The Morgan fingerprint density at radius 1 is 1.38 bits per heavy atom. The van der Waals surface area contributed by atoms with Gasteiger partial charge in [0.1, 0.15) is 0 Å². The molecule has 2 aromatic rings. The standard InChI is InChI=1S/C15H19N3O3/c1-19-13-7-12(8-14-15(13)21-11-20-14)9-16-3-2-5-18-6-4-17-10-18/h4,6-8,10,16H,2-3,5,9,11H2,1H3. The van der Waals surface area contributed by atoms with Gasteiger partial charge in [0, 0.05) is 25.5 Å². The molecule has 1 N–H and O–H groups in total. The van der Waals surface area contributed by atoms with Crippen molar-refractivity contribution < 1.29 is 14.2 Å². The molecule has 3 rings (SSSR count). The molecule has 1 aliphatic heterocycles. The van der Waals surface area contributed by atoms with Crippen LogP contribution in [0, 0.1) is 0 Å². The second-order valence-corrected chi connectivity index (χ2v) is 4.86. The number of aromatic nitrogens is 2. The molecule has 0 atom stereocenters. The largest absolute Gasteiger partial charge is 0.493 e. The van der Waals surface area contributed by atoms with Crippen LogP contribution in [0.3, 0.4) is 0 Å². The van der Waals surface area contributed by atoms with E-state index in [0.29, 0.717) is 5.75 Å². The maximum absolute atomic E-state index is 5.42. The first kappa shape index (κ1) is 13.8. The van der Waals surface area contributed by atoms with Gasteiger partial charge in [0.05, 0.1) is 13.4 Å². The molecular weight excluding hydrogens is 270 g/mol. The maximum atomic E-state index is 5.42. The third kappa shape index (κ3) is 3.28. The van der Waals surface area contributed by atoms with Gasteiger partial charge in [0.15, 0.2) is 11.5 Å². The number of methoxy groups -OCH3 is 1. The summed E-state index contributed by atoms with van der Waals surface area (Å²) in [5.41, 5.74) is 1.12. The predicted octanol–water partition coefficient (Wildman–Crippen LogP) is 1.80. The minimum Gasteiger partial charge on any atom is -0.493 e. The van der Waals surface area contributed by atoms with Gasteiger partial charge in [-0.1, -0.05) is 0 Å². The fourth-order valence-electron chi connectivity index (χ4n) is 2.32. The van der Waals surface area contributed by atoms with Gasteiger partial charge in [-0.05, 0) is 30.7 Å². The fraction of sp³-hybridized carbons (Fsp3) is 0.400. The van der Waals surface area contributed by atoms with Gasteiger partial charge < -0.3 is 24.1 Å². The third-order valence-corrected chi connectivity index (χ3v) is 3.38. The number of benzene rings is 1. The number of aryl methyl sites for hydroxylation is 1. The van der Waals surface area contributed by atoms with Crippen molar-refractivity contribution in [3.05, 3.63) is 36.4 Å². The van der Waals surface area contributed by atoms with Crippen LogP contribution in [-0.2, 0) is 13.1 Å². The second kappa shape index (κ2) is 6.49. The van der Waals surface area contributed by atoms with Crippen molar-refractivity contribution in [2.45, 2.75) is 19.5 Å². The minimum atomic E-state index is 0.257. The second-order valence-electron chi connectivity index (χ2n) is 4.86. The van der Waals surface area contributed by atoms with Crippen LogP contribution in [0.15, 0.2) is 30.9 Å². The van der Waals surface area contributed by atoms with Crippen molar-refractivity contribution in [3.8, 4) is 17.2 Å². The van der Waals surface area contributed by atoms with Crippen molar-refractivity contribution in [1.29, 1.82) is 0 Å². The van der Waals surface area contributed by atoms with Gasteiger partial charge in [-0.3, -0.25) is 0 Å². The van der Waals surface area contributed by atoms with E-state index in [4.69, 9.17) is 14.2 Å². The zero-order valence-corrected chi connectivity index (χ0v) is 12.0. The van der Waals surface area contributed by atoms with Crippen molar-refractivity contribution in [2.24, 2.45) is 0 Å². The Kier molecular flexibility index (Phi) is 4.25. The summed E-state index contributed by atoms with van der Waals surface area (Å²) in [7, 11) is 1.64. The molecule has 0 fully saturated rings. The first-order valence-electron chi connectivity index (χ1n) is 7.00. The highest BCUT2D eigenvalue weighted by Gasteiger charge is 2.19. The smallest absolute Gasteiger partial charge is 0.231 e. The number of imidazole rings is 1. The zero-order valence-electron chi connectivity index (χ0n) is 12.0. The van der Waals surface area contributed by atoms with Crippen LogP contribution in [0.1, 0.15) is 12.0 Å². The van der Waals surface area contributed by atoms with E-state index < -0.39 is 0 Å². The Morgan fingerprint density at radius 2 is 2.33 bits per heavy atom. The summed E-state index contributed by atoms with van der Waals surface area (Å²) < 4.78 is 18.2. The Bertz CT molecular complexity index is 584. The molecule has 112 valence electrons. The van der Waals surface area contributed by atoms with Crippen LogP contribution in [0.4, 0.5) is 0 Å². The molecule has 6 nitrogen and oxygen atoms in total. The number of nitrogens with one attached hydrogen (secondary N) is 1. The van der Waals surface area contributed by atoms with E-state index in [2.05, 4.69) is 14.9 Å². The van der Waals surface area contributed by atoms with Gasteiger partial charge in [-0.2, -0.15) is 0 Å². The van der Waals surface area contributed by atoms with Crippen LogP contribution in [-0.4, -0.2) is 30.0 Å². The van der Waals surface area contributed by atoms with Crippen LogP contribution >= 0.6 is 0 Å². The summed E-state index contributed by atoms with van der Waals surface area (Å²) in [6, 6.07) is 3.98. The average Bonchev–Trinajstić information content (AvgIpc) is 3.16. The number of hydrogen-bond donors (Lipinski definition) is 1. The average molecular weight is 289 g/mol. The van der Waals surface area contributed by atoms with E-state index in [0.717, 1.165) is 43.1 Å². The highest BCUT2D eigenvalue weighted by Crippen LogP contribution is 2.41. The molecule has 0 saturated carbocycles. The normalized spacial score (nSPS) is 12.6. The topological polar surface area (TPSA) is 57.5 Å². The molecular formula is C15H19N3O3. The van der Waals surface area contributed by atoms with Crippen LogP contribution in [0.5, 0.6) is 17.2 Å². The molecule has 0 saturated heterocycles. The van der Waals surface area contributed by atoms with E-state index in [1.807, 2.05) is 24.7 Å². The first-order chi connectivity index (χ1) is 10.4. The van der Waals surface area contributed by atoms with E-state index in [1.165, 1.54) is 0 Å².